The molecule has 4 nitrogen and oxygen atoms in total. The SMILES string of the molecule is O=c1[nH]ccc2c(-n3nccc3C(F)(F)F)cccc12. The second kappa shape index (κ2) is 4.22. The van der Waals surface area contributed by atoms with Gasteiger partial charge in [0, 0.05) is 17.0 Å². The molecule has 20 heavy (non-hydrogen) atoms. The van der Waals surface area contributed by atoms with Crippen LogP contribution in [-0.2, 0) is 6.18 Å². The van der Waals surface area contributed by atoms with E-state index in [1.165, 1.54) is 18.3 Å². The Morgan fingerprint density at radius 1 is 1.10 bits per heavy atom. The normalized spacial score (nSPS) is 11.9. The Balaban J connectivity index is 2.35. The number of hydrogen-bond acceptors (Lipinski definition) is 2. The highest BCUT2D eigenvalue weighted by Crippen LogP contribution is 2.31. The number of nitrogens with zero attached hydrogens (tertiary/aromatic N) is 2. The number of H-pyrrole nitrogens is 1. The average Bonchev–Trinajstić information content (AvgIpc) is 2.87. The Kier molecular flexibility index (Phi) is 2.63. The second-order valence-electron chi connectivity index (χ2n) is 4.17. The lowest BCUT2D eigenvalue weighted by molar-refractivity contribution is -0.142. The number of halogens is 3. The highest BCUT2D eigenvalue weighted by atomic mass is 19.4. The number of pyridine rings is 1. The summed E-state index contributed by atoms with van der Waals surface area (Å²) in [6, 6.07) is 7.01. The number of aromatic amines is 1. The molecule has 102 valence electrons. The fourth-order valence-electron chi connectivity index (χ4n) is 2.10. The molecule has 0 fully saturated rings. The van der Waals surface area contributed by atoms with Gasteiger partial charge >= 0.3 is 6.18 Å². The molecule has 0 aliphatic rings. The third-order valence-electron chi connectivity index (χ3n) is 2.95. The van der Waals surface area contributed by atoms with Crippen LogP contribution in [0.5, 0.6) is 0 Å². The van der Waals surface area contributed by atoms with Crippen LogP contribution in [0.3, 0.4) is 0 Å². The summed E-state index contributed by atoms with van der Waals surface area (Å²) >= 11 is 0. The number of rotatable bonds is 1. The topological polar surface area (TPSA) is 50.7 Å². The van der Waals surface area contributed by atoms with Gasteiger partial charge in [0.25, 0.3) is 5.56 Å². The first-order chi connectivity index (χ1) is 9.48. The van der Waals surface area contributed by atoms with E-state index in [0.717, 1.165) is 16.9 Å². The molecule has 1 aromatic carbocycles. The van der Waals surface area contributed by atoms with E-state index in [4.69, 9.17) is 0 Å². The van der Waals surface area contributed by atoms with Gasteiger partial charge in [0.1, 0.15) is 5.69 Å². The zero-order chi connectivity index (χ0) is 14.3. The van der Waals surface area contributed by atoms with E-state index in [1.54, 1.807) is 12.1 Å². The first kappa shape index (κ1) is 12.5. The van der Waals surface area contributed by atoms with Crippen molar-refractivity contribution >= 4 is 10.8 Å². The summed E-state index contributed by atoms with van der Waals surface area (Å²) in [6.07, 6.45) is -2.04. The molecule has 0 saturated carbocycles. The molecule has 0 atom stereocenters. The van der Waals surface area contributed by atoms with Crippen LogP contribution in [0.25, 0.3) is 16.5 Å². The van der Waals surface area contributed by atoms with Gasteiger partial charge in [-0.15, -0.1) is 0 Å². The highest BCUT2D eigenvalue weighted by molar-refractivity contribution is 5.89. The van der Waals surface area contributed by atoms with Gasteiger partial charge in [-0.2, -0.15) is 18.3 Å². The van der Waals surface area contributed by atoms with E-state index in [2.05, 4.69) is 10.1 Å². The third kappa shape index (κ3) is 1.87. The fourth-order valence-corrected chi connectivity index (χ4v) is 2.10. The van der Waals surface area contributed by atoms with Gasteiger partial charge in [-0.05, 0) is 24.3 Å². The molecule has 2 aromatic heterocycles. The van der Waals surface area contributed by atoms with Crippen LogP contribution in [0.4, 0.5) is 13.2 Å². The first-order valence-corrected chi connectivity index (χ1v) is 5.70. The van der Waals surface area contributed by atoms with Crippen molar-refractivity contribution in [3.8, 4) is 5.69 Å². The predicted molar refractivity (Wildman–Crippen MR) is 66.7 cm³/mol. The molecule has 2 heterocycles. The Morgan fingerprint density at radius 2 is 1.90 bits per heavy atom. The van der Waals surface area contributed by atoms with Crippen LogP contribution in [0, 0.1) is 0 Å². The summed E-state index contributed by atoms with van der Waals surface area (Å²) in [6.45, 7) is 0. The van der Waals surface area contributed by atoms with Crippen molar-refractivity contribution in [2.75, 3.05) is 0 Å². The van der Waals surface area contributed by atoms with Crippen molar-refractivity contribution in [2.24, 2.45) is 0 Å². The van der Waals surface area contributed by atoms with Crippen LogP contribution in [-0.4, -0.2) is 14.8 Å². The molecule has 7 heteroatoms. The molecular formula is C13H8F3N3O. The minimum atomic E-state index is -4.51. The summed E-state index contributed by atoms with van der Waals surface area (Å²) in [7, 11) is 0. The fraction of sp³-hybridized carbons (Fsp3) is 0.0769. The number of fused-ring (bicyclic) bond motifs is 1. The lowest BCUT2D eigenvalue weighted by atomic mass is 10.1. The Morgan fingerprint density at radius 3 is 2.65 bits per heavy atom. The Bertz CT molecular complexity index is 832. The third-order valence-corrected chi connectivity index (χ3v) is 2.95. The van der Waals surface area contributed by atoms with Gasteiger partial charge in [0.15, 0.2) is 0 Å². The number of nitrogens with one attached hydrogen (secondary N) is 1. The number of benzene rings is 1. The van der Waals surface area contributed by atoms with Crippen molar-refractivity contribution in [3.63, 3.8) is 0 Å². The minimum Gasteiger partial charge on any atom is -0.329 e. The molecule has 3 rings (SSSR count). The molecule has 0 spiro atoms. The van der Waals surface area contributed by atoms with Gasteiger partial charge in [0.05, 0.1) is 11.9 Å². The smallest absolute Gasteiger partial charge is 0.329 e. The second-order valence-corrected chi connectivity index (χ2v) is 4.17. The molecule has 0 aliphatic heterocycles. The summed E-state index contributed by atoms with van der Waals surface area (Å²) in [5.41, 5.74) is -1.03. The molecule has 0 saturated heterocycles. The summed E-state index contributed by atoms with van der Waals surface area (Å²) in [5, 5.41) is 4.44. The molecule has 1 N–H and O–H groups in total. The van der Waals surface area contributed by atoms with Crippen LogP contribution in [0.2, 0.25) is 0 Å². The van der Waals surface area contributed by atoms with E-state index >= 15 is 0 Å². The summed E-state index contributed by atoms with van der Waals surface area (Å²) < 4.78 is 39.5. The van der Waals surface area contributed by atoms with E-state index in [1.807, 2.05) is 0 Å². The van der Waals surface area contributed by atoms with Crippen molar-refractivity contribution in [3.05, 3.63) is 58.8 Å². The monoisotopic (exact) mass is 279 g/mol. The van der Waals surface area contributed by atoms with Crippen molar-refractivity contribution in [1.29, 1.82) is 0 Å². The summed E-state index contributed by atoms with van der Waals surface area (Å²) in [5.74, 6) is 0. The van der Waals surface area contributed by atoms with Gasteiger partial charge in [0.2, 0.25) is 0 Å². The standard InChI is InChI=1S/C13H8F3N3O/c14-13(15,16)11-5-7-18-19(11)10-3-1-2-9-8(10)4-6-17-12(9)20/h1-7H,(H,17,20). The molecule has 0 unspecified atom stereocenters. The van der Waals surface area contributed by atoms with Crippen molar-refractivity contribution < 1.29 is 13.2 Å². The van der Waals surface area contributed by atoms with E-state index in [9.17, 15) is 18.0 Å². The van der Waals surface area contributed by atoms with Gasteiger partial charge in [-0.3, -0.25) is 4.79 Å². The zero-order valence-electron chi connectivity index (χ0n) is 9.98. The molecule has 0 aliphatic carbocycles. The maximum atomic E-state index is 12.9. The molecule has 0 radical (unpaired) electrons. The maximum Gasteiger partial charge on any atom is 0.433 e. The van der Waals surface area contributed by atoms with E-state index in [0.29, 0.717) is 10.8 Å². The quantitative estimate of drug-likeness (QED) is 0.744. The number of aromatic nitrogens is 3. The largest absolute Gasteiger partial charge is 0.433 e. The van der Waals surface area contributed by atoms with Gasteiger partial charge in [-0.25, -0.2) is 4.68 Å². The lowest BCUT2D eigenvalue weighted by Crippen LogP contribution is -2.14. The zero-order valence-corrected chi connectivity index (χ0v) is 9.98. The number of hydrogen-bond donors (Lipinski definition) is 1. The van der Waals surface area contributed by atoms with E-state index in [-0.39, 0.29) is 11.2 Å². The van der Waals surface area contributed by atoms with Gasteiger partial charge in [-0.1, -0.05) is 6.07 Å². The van der Waals surface area contributed by atoms with Crippen molar-refractivity contribution in [2.45, 2.75) is 6.18 Å². The average molecular weight is 279 g/mol. The van der Waals surface area contributed by atoms with Crippen LogP contribution in [0.1, 0.15) is 5.69 Å². The Hall–Kier alpha value is -2.57. The minimum absolute atomic E-state index is 0.214. The van der Waals surface area contributed by atoms with Crippen LogP contribution >= 0.6 is 0 Å². The molecule has 0 bridgehead atoms. The Labute approximate surface area is 110 Å². The highest BCUT2D eigenvalue weighted by Gasteiger charge is 2.35. The van der Waals surface area contributed by atoms with E-state index < -0.39 is 11.9 Å². The van der Waals surface area contributed by atoms with Crippen LogP contribution in [0.15, 0.2) is 47.5 Å². The van der Waals surface area contributed by atoms with Crippen molar-refractivity contribution in [1.82, 2.24) is 14.8 Å². The number of alkyl halides is 3. The first-order valence-electron chi connectivity index (χ1n) is 5.70. The summed E-state index contributed by atoms with van der Waals surface area (Å²) in [4.78, 5) is 14.2. The van der Waals surface area contributed by atoms with Crippen LogP contribution < -0.4 is 5.56 Å². The van der Waals surface area contributed by atoms with Gasteiger partial charge < -0.3 is 4.98 Å². The lowest BCUT2D eigenvalue weighted by Gasteiger charge is -2.12. The molecular weight excluding hydrogens is 271 g/mol. The molecule has 0 amide bonds. The predicted octanol–water partition coefficient (Wildman–Crippen LogP) is 2.73. The maximum absolute atomic E-state index is 12.9. The molecule has 3 aromatic rings.